The SMILES string of the molecule is COCC(=O)N1Cc2cccn2C[C@H](OCc2cccc(C)n2)C1. The molecule has 0 N–H and O–H groups in total. The fourth-order valence-corrected chi connectivity index (χ4v) is 2.95. The molecule has 1 amide bonds. The second-order valence-corrected chi connectivity index (χ2v) is 6.06. The number of pyridine rings is 1. The van der Waals surface area contributed by atoms with Crippen LogP contribution in [0.5, 0.6) is 0 Å². The van der Waals surface area contributed by atoms with Gasteiger partial charge in [0.05, 0.1) is 31.5 Å². The van der Waals surface area contributed by atoms with Crippen molar-refractivity contribution in [1.82, 2.24) is 14.5 Å². The topological polar surface area (TPSA) is 56.6 Å². The molecule has 0 radical (unpaired) electrons. The summed E-state index contributed by atoms with van der Waals surface area (Å²) in [5.41, 5.74) is 2.99. The summed E-state index contributed by atoms with van der Waals surface area (Å²) < 4.78 is 13.2. The standard InChI is InChI=1S/C18H23N3O3/c1-14-5-3-6-15(19-14)12-24-17-10-20-8-4-7-16(20)9-21(11-17)18(22)13-23-2/h3-8,17H,9-13H2,1-2H3/t17-/m0/s1. The largest absolute Gasteiger partial charge is 0.375 e. The molecule has 2 aromatic rings. The second-order valence-electron chi connectivity index (χ2n) is 6.06. The molecule has 3 rings (SSSR count). The third kappa shape index (κ3) is 4.01. The number of amides is 1. The average Bonchev–Trinajstić information content (AvgIpc) is 2.91. The van der Waals surface area contributed by atoms with Crippen molar-refractivity contribution in [2.24, 2.45) is 0 Å². The van der Waals surface area contributed by atoms with Gasteiger partial charge < -0.3 is 18.9 Å². The molecule has 0 unspecified atom stereocenters. The molecule has 3 heterocycles. The van der Waals surface area contributed by atoms with Gasteiger partial charge in [-0.1, -0.05) is 6.07 Å². The lowest BCUT2D eigenvalue weighted by Crippen LogP contribution is -2.39. The van der Waals surface area contributed by atoms with Crippen LogP contribution in [0.15, 0.2) is 36.5 Å². The van der Waals surface area contributed by atoms with Gasteiger partial charge in [-0.15, -0.1) is 0 Å². The minimum absolute atomic E-state index is 0.0190. The molecular formula is C18H23N3O3. The zero-order chi connectivity index (χ0) is 16.9. The highest BCUT2D eigenvalue weighted by Crippen LogP contribution is 2.16. The number of rotatable bonds is 5. The zero-order valence-corrected chi connectivity index (χ0v) is 14.1. The first-order valence-electron chi connectivity index (χ1n) is 8.10. The van der Waals surface area contributed by atoms with Crippen molar-refractivity contribution in [3.05, 3.63) is 53.6 Å². The third-order valence-electron chi connectivity index (χ3n) is 4.13. The van der Waals surface area contributed by atoms with E-state index in [1.165, 1.54) is 7.11 Å². The Hall–Kier alpha value is -2.18. The Morgan fingerprint density at radius 2 is 2.17 bits per heavy atom. The van der Waals surface area contributed by atoms with E-state index < -0.39 is 0 Å². The zero-order valence-electron chi connectivity index (χ0n) is 14.1. The smallest absolute Gasteiger partial charge is 0.248 e. The van der Waals surface area contributed by atoms with Gasteiger partial charge in [0.1, 0.15) is 6.61 Å². The Morgan fingerprint density at radius 3 is 2.96 bits per heavy atom. The molecule has 0 aliphatic carbocycles. The summed E-state index contributed by atoms with van der Waals surface area (Å²) >= 11 is 0. The molecule has 1 aliphatic rings. The van der Waals surface area contributed by atoms with E-state index in [0.29, 0.717) is 19.7 Å². The molecular weight excluding hydrogens is 306 g/mol. The predicted octanol–water partition coefficient (Wildman–Crippen LogP) is 1.77. The van der Waals surface area contributed by atoms with Crippen molar-refractivity contribution in [2.45, 2.75) is 32.7 Å². The van der Waals surface area contributed by atoms with Crippen molar-refractivity contribution in [3.8, 4) is 0 Å². The summed E-state index contributed by atoms with van der Waals surface area (Å²) in [6, 6.07) is 9.94. The quantitative estimate of drug-likeness (QED) is 0.839. The van der Waals surface area contributed by atoms with Crippen LogP contribution in [-0.2, 0) is 34.0 Å². The van der Waals surface area contributed by atoms with Crippen LogP contribution in [0.25, 0.3) is 0 Å². The van der Waals surface area contributed by atoms with Crippen LogP contribution in [-0.4, -0.2) is 46.7 Å². The van der Waals surface area contributed by atoms with E-state index in [-0.39, 0.29) is 18.6 Å². The van der Waals surface area contributed by atoms with E-state index in [2.05, 4.69) is 9.55 Å². The molecule has 1 atom stereocenters. The monoisotopic (exact) mass is 329 g/mol. The lowest BCUT2D eigenvalue weighted by atomic mass is 10.3. The van der Waals surface area contributed by atoms with Gasteiger partial charge in [0, 0.05) is 31.2 Å². The van der Waals surface area contributed by atoms with E-state index in [9.17, 15) is 4.79 Å². The number of fused-ring (bicyclic) bond motifs is 1. The lowest BCUT2D eigenvalue weighted by molar-refractivity contribution is -0.137. The molecule has 24 heavy (non-hydrogen) atoms. The molecule has 0 aromatic carbocycles. The van der Waals surface area contributed by atoms with Crippen LogP contribution in [0.2, 0.25) is 0 Å². The van der Waals surface area contributed by atoms with Gasteiger partial charge in [-0.25, -0.2) is 0 Å². The third-order valence-corrected chi connectivity index (χ3v) is 4.13. The molecule has 0 bridgehead atoms. The number of hydrogen-bond donors (Lipinski definition) is 0. The molecule has 6 heteroatoms. The summed E-state index contributed by atoms with van der Waals surface area (Å²) in [6.07, 6.45) is 1.95. The van der Waals surface area contributed by atoms with Crippen molar-refractivity contribution in [2.75, 3.05) is 20.3 Å². The van der Waals surface area contributed by atoms with E-state index in [0.717, 1.165) is 23.6 Å². The van der Waals surface area contributed by atoms with Gasteiger partial charge in [-0.05, 0) is 31.2 Å². The first kappa shape index (κ1) is 16.7. The van der Waals surface area contributed by atoms with Gasteiger partial charge in [0.2, 0.25) is 5.91 Å². The Morgan fingerprint density at radius 1 is 1.29 bits per heavy atom. The van der Waals surface area contributed by atoms with Crippen molar-refractivity contribution >= 4 is 5.91 Å². The number of nitrogens with zero attached hydrogens (tertiary/aromatic N) is 3. The summed E-state index contributed by atoms with van der Waals surface area (Å²) in [7, 11) is 1.54. The molecule has 0 saturated carbocycles. The van der Waals surface area contributed by atoms with Crippen LogP contribution in [0.4, 0.5) is 0 Å². The highest BCUT2D eigenvalue weighted by Gasteiger charge is 2.25. The maximum atomic E-state index is 12.3. The van der Waals surface area contributed by atoms with Crippen LogP contribution in [0.1, 0.15) is 17.1 Å². The fourth-order valence-electron chi connectivity index (χ4n) is 2.95. The van der Waals surface area contributed by atoms with Crippen LogP contribution in [0, 0.1) is 6.92 Å². The van der Waals surface area contributed by atoms with Gasteiger partial charge in [-0.2, -0.15) is 0 Å². The number of aromatic nitrogens is 2. The summed E-state index contributed by atoms with van der Waals surface area (Å²) in [5.74, 6) is -0.0190. The van der Waals surface area contributed by atoms with Gasteiger partial charge in [-0.3, -0.25) is 9.78 Å². The fraction of sp³-hybridized carbons (Fsp3) is 0.444. The second kappa shape index (κ2) is 7.59. The number of ether oxygens (including phenoxy) is 2. The Labute approximate surface area is 142 Å². The highest BCUT2D eigenvalue weighted by atomic mass is 16.5. The number of hydrogen-bond acceptors (Lipinski definition) is 4. The summed E-state index contributed by atoms with van der Waals surface area (Å²) in [5, 5.41) is 0. The number of carbonyl (C=O) groups is 1. The Bertz CT molecular complexity index is 698. The Balaban J connectivity index is 1.70. The molecule has 1 aliphatic heterocycles. The van der Waals surface area contributed by atoms with Crippen molar-refractivity contribution in [3.63, 3.8) is 0 Å². The van der Waals surface area contributed by atoms with E-state index in [1.807, 2.05) is 43.5 Å². The first-order valence-corrected chi connectivity index (χ1v) is 8.10. The lowest BCUT2D eigenvalue weighted by Gasteiger charge is -2.24. The van der Waals surface area contributed by atoms with E-state index >= 15 is 0 Å². The number of carbonyl (C=O) groups excluding carboxylic acids is 1. The molecule has 128 valence electrons. The minimum Gasteiger partial charge on any atom is -0.375 e. The molecule has 0 saturated heterocycles. The summed E-state index contributed by atoms with van der Waals surface area (Å²) in [6.45, 7) is 4.35. The van der Waals surface area contributed by atoms with Gasteiger partial charge in [0.25, 0.3) is 0 Å². The van der Waals surface area contributed by atoms with E-state index in [1.54, 1.807) is 4.90 Å². The van der Waals surface area contributed by atoms with E-state index in [4.69, 9.17) is 9.47 Å². The normalized spacial score (nSPS) is 17.4. The van der Waals surface area contributed by atoms with Gasteiger partial charge >= 0.3 is 0 Å². The van der Waals surface area contributed by atoms with Crippen LogP contribution < -0.4 is 0 Å². The van der Waals surface area contributed by atoms with Crippen molar-refractivity contribution < 1.29 is 14.3 Å². The molecule has 0 fully saturated rings. The van der Waals surface area contributed by atoms with Gasteiger partial charge in [0.15, 0.2) is 0 Å². The maximum Gasteiger partial charge on any atom is 0.248 e. The average molecular weight is 329 g/mol. The van der Waals surface area contributed by atoms with Crippen molar-refractivity contribution in [1.29, 1.82) is 0 Å². The number of methoxy groups -OCH3 is 1. The molecule has 6 nitrogen and oxygen atoms in total. The molecule has 0 spiro atoms. The van der Waals surface area contributed by atoms with Crippen LogP contribution in [0.3, 0.4) is 0 Å². The Kier molecular flexibility index (Phi) is 5.27. The summed E-state index contributed by atoms with van der Waals surface area (Å²) in [4.78, 5) is 18.5. The maximum absolute atomic E-state index is 12.3. The number of aryl methyl sites for hydroxylation is 1. The molecule has 2 aromatic heterocycles. The predicted molar refractivity (Wildman–Crippen MR) is 89.3 cm³/mol. The van der Waals surface area contributed by atoms with Crippen LogP contribution >= 0.6 is 0 Å². The first-order chi connectivity index (χ1) is 11.7. The highest BCUT2D eigenvalue weighted by molar-refractivity contribution is 5.77. The minimum atomic E-state index is -0.0817.